The number of esters is 1. The van der Waals surface area contributed by atoms with Crippen LogP contribution >= 0.6 is 0 Å². The van der Waals surface area contributed by atoms with Gasteiger partial charge in [0.2, 0.25) is 8.32 Å². The quantitative estimate of drug-likeness (QED) is 0.585. The van der Waals surface area contributed by atoms with Gasteiger partial charge in [0.25, 0.3) is 0 Å². The van der Waals surface area contributed by atoms with Crippen molar-refractivity contribution in [2.75, 3.05) is 7.11 Å². The molecular weight excluding hydrogens is 304 g/mol. The van der Waals surface area contributed by atoms with E-state index in [0.717, 1.165) is 5.75 Å². The first-order valence-corrected chi connectivity index (χ1v) is 11.4. The highest BCUT2D eigenvalue weighted by Gasteiger charge is 2.52. The lowest BCUT2D eigenvalue weighted by Gasteiger charge is -2.36. The maximum Gasteiger partial charge on any atom is 0.306 e. The first-order valence-electron chi connectivity index (χ1n) is 8.54. The van der Waals surface area contributed by atoms with Crippen LogP contribution in [0.25, 0.3) is 0 Å². The lowest BCUT2D eigenvalue weighted by Crippen LogP contribution is -2.43. The molecule has 0 bridgehead atoms. The summed E-state index contributed by atoms with van der Waals surface area (Å²) in [6, 6.07) is 6.50. The minimum absolute atomic E-state index is 0.102. The standard InChI is InChI=1S/C19H28O3Si/c1-19(2,3)23(5,6)22-12-7-8-13-14(9-12)15-10-16(15)17(13)11-18(20)21-4/h7-9,15-17H,10-11H2,1-6H3. The zero-order valence-electron chi connectivity index (χ0n) is 15.1. The van der Waals surface area contributed by atoms with Gasteiger partial charge in [-0.05, 0) is 65.6 Å². The Morgan fingerprint density at radius 1 is 1.26 bits per heavy atom. The molecule has 23 heavy (non-hydrogen) atoms. The topological polar surface area (TPSA) is 35.5 Å². The summed E-state index contributed by atoms with van der Waals surface area (Å²) in [7, 11) is -0.339. The Kier molecular flexibility index (Phi) is 3.86. The molecule has 3 unspecified atom stereocenters. The van der Waals surface area contributed by atoms with Crippen LogP contribution in [0.4, 0.5) is 0 Å². The summed E-state index contributed by atoms with van der Waals surface area (Å²) >= 11 is 0. The monoisotopic (exact) mass is 332 g/mol. The van der Waals surface area contributed by atoms with Gasteiger partial charge in [-0.3, -0.25) is 4.79 Å². The maximum absolute atomic E-state index is 11.7. The van der Waals surface area contributed by atoms with Crippen LogP contribution < -0.4 is 4.43 Å². The fraction of sp³-hybridized carbons (Fsp3) is 0.632. The van der Waals surface area contributed by atoms with Gasteiger partial charge in [0.05, 0.1) is 13.5 Å². The van der Waals surface area contributed by atoms with Crippen LogP contribution in [-0.4, -0.2) is 21.4 Å². The number of benzene rings is 1. The van der Waals surface area contributed by atoms with Crippen LogP contribution in [0.3, 0.4) is 0 Å². The molecule has 1 aromatic carbocycles. The number of carbonyl (C=O) groups is 1. The SMILES string of the molecule is COC(=O)CC1c2ccc(O[Si](C)(C)C(C)(C)C)cc2C2CC12. The third kappa shape index (κ3) is 2.93. The highest BCUT2D eigenvalue weighted by Crippen LogP contribution is 2.64. The molecule has 1 saturated carbocycles. The van der Waals surface area contributed by atoms with E-state index in [-0.39, 0.29) is 11.0 Å². The third-order valence-electron chi connectivity index (χ3n) is 6.01. The Balaban J connectivity index is 1.82. The zero-order valence-corrected chi connectivity index (χ0v) is 16.1. The third-order valence-corrected chi connectivity index (χ3v) is 10.4. The number of hydrogen-bond acceptors (Lipinski definition) is 3. The summed E-state index contributed by atoms with van der Waals surface area (Å²) in [6.07, 6.45) is 1.71. The minimum atomic E-state index is -1.81. The van der Waals surface area contributed by atoms with Crippen molar-refractivity contribution in [1.29, 1.82) is 0 Å². The second kappa shape index (κ2) is 5.37. The van der Waals surface area contributed by atoms with Gasteiger partial charge >= 0.3 is 5.97 Å². The van der Waals surface area contributed by atoms with Gasteiger partial charge in [-0.25, -0.2) is 0 Å². The fourth-order valence-corrected chi connectivity index (χ4v) is 4.52. The van der Waals surface area contributed by atoms with Crippen LogP contribution in [0.1, 0.15) is 56.6 Å². The van der Waals surface area contributed by atoms with Gasteiger partial charge in [-0.15, -0.1) is 0 Å². The molecule has 0 saturated heterocycles. The predicted molar refractivity (Wildman–Crippen MR) is 94.5 cm³/mol. The molecule has 1 aromatic rings. The molecule has 3 atom stereocenters. The number of hydrogen-bond donors (Lipinski definition) is 0. The van der Waals surface area contributed by atoms with Gasteiger partial charge in [0.15, 0.2) is 0 Å². The van der Waals surface area contributed by atoms with Crippen molar-refractivity contribution in [3.63, 3.8) is 0 Å². The average molecular weight is 333 g/mol. The first-order chi connectivity index (χ1) is 10.6. The number of fused-ring (bicyclic) bond motifs is 3. The van der Waals surface area contributed by atoms with Gasteiger partial charge in [-0.2, -0.15) is 0 Å². The van der Waals surface area contributed by atoms with Crippen molar-refractivity contribution in [1.82, 2.24) is 0 Å². The highest BCUT2D eigenvalue weighted by molar-refractivity contribution is 6.74. The Bertz CT molecular complexity index is 630. The lowest BCUT2D eigenvalue weighted by atomic mass is 9.93. The van der Waals surface area contributed by atoms with Crippen molar-refractivity contribution < 1.29 is 14.0 Å². The van der Waals surface area contributed by atoms with E-state index in [2.05, 4.69) is 52.1 Å². The molecule has 0 aliphatic heterocycles. The van der Waals surface area contributed by atoms with Crippen molar-refractivity contribution in [2.24, 2.45) is 5.92 Å². The molecule has 3 rings (SSSR count). The van der Waals surface area contributed by atoms with Crippen LogP contribution in [-0.2, 0) is 9.53 Å². The molecular formula is C19H28O3Si. The van der Waals surface area contributed by atoms with Gasteiger partial charge < -0.3 is 9.16 Å². The van der Waals surface area contributed by atoms with Crippen LogP contribution in [0.2, 0.25) is 18.1 Å². The van der Waals surface area contributed by atoms with E-state index in [0.29, 0.717) is 24.2 Å². The van der Waals surface area contributed by atoms with E-state index in [9.17, 15) is 4.79 Å². The molecule has 0 spiro atoms. The second-order valence-electron chi connectivity index (χ2n) is 8.55. The summed E-state index contributed by atoms with van der Waals surface area (Å²) in [6.45, 7) is 11.3. The van der Waals surface area contributed by atoms with E-state index >= 15 is 0 Å². The van der Waals surface area contributed by atoms with Gasteiger partial charge in [0.1, 0.15) is 5.75 Å². The van der Waals surface area contributed by atoms with Crippen LogP contribution in [0.5, 0.6) is 5.75 Å². The van der Waals surface area contributed by atoms with Crippen LogP contribution in [0.15, 0.2) is 18.2 Å². The predicted octanol–water partition coefficient (Wildman–Crippen LogP) is 4.83. The maximum atomic E-state index is 11.7. The van der Waals surface area contributed by atoms with Crippen molar-refractivity contribution >= 4 is 14.3 Å². The summed E-state index contributed by atoms with van der Waals surface area (Å²) in [5.41, 5.74) is 2.74. The fourth-order valence-electron chi connectivity index (χ4n) is 3.49. The Morgan fingerprint density at radius 2 is 1.96 bits per heavy atom. The number of carbonyl (C=O) groups excluding carboxylic acids is 1. The van der Waals surface area contributed by atoms with Crippen LogP contribution in [0, 0.1) is 5.92 Å². The molecule has 2 aliphatic rings. The van der Waals surface area contributed by atoms with E-state index in [1.807, 2.05) is 0 Å². The minimum Gasteiger partial charge on any atom is -0.543 e. The van der Waals surface area contributed by atoms with E-state index < -0.39 is 8.32 Å². The largest absolute Gasteiger partial charge is 0.543 e. The molecule has 126 valence electrons. The second-order valence-corrected chi connectivity index (χ2v) is 13.3. The van der Waals surface area contributed by atoms with Crippen molar-refractivity contribution in [2.45, 2.75) is 63.6 Å². The number of methoxy groups -OCH3 is 1. The normalized spacial score (nSPS) is 25.6. The Morgan fingerprint density at radius 3 is 2.57 bits per heavy atom. The number of ether oxygens (including phenoxy) is 1. The molecule has 1 fully saturated rings. The molecule has 0 aromatic heterocycles. The molecule has 0 radical (unpaired) electrons. The van der Waals surface area contributed by atoms with E-state index in [1.54, 1.807) is 0 Å². The summed E-state index contributed by atoms with van der Waals surface area (Å²) in [4.78, 5) is 11.7. The summed E-state index contributed by atoms with van der Waals surface area (Å²) in [5, 5.41) is 0.196. The zero-order chi connectivity index (χ0) is 17.0. The highest BCUT2D eigenvalue weighted by atomic mass is 28.4. The van der Waals surface area contributed by atoms with Crippen molar-refractivity contribution in [3.05, 3.63) is 29.3 Å². The molecule has 3 nitrogen and oxygen atoms in total. The van der Waals surface area contributed by atoms with E-state index in [1.165, 1.54) is 24.7 Å². The Hall–Kier alpha value is -1.29. The average Bonchev–Trinajstić information content (AvgIpc) is 3.18. The Labute approximate surface area is 140 Å². The molecule has 0 heterocycles. The molecule has 0 amide bonds. The van der Waals surface area contributed by atoms with Crippen molar-refractivity contribution in [3.8, 4) is 5.75 Å². The first kappa shape index (κ1) is 16.6. The van der Waals surface area contributed by atoms with E-state index in [4.69, 9.17) is 9.16 Å². The summed E-state index contributed by atoms with van der Waals surface area (Å²) < 4.78 is 11.3. The number of rotatable bonds is 4. The van der Waals surface area contributed by atoms with Gasteiger partial charge in [0, 0.05) is 0 Å². The van der Waals surface area contributed by atoms with Gasteiger partial charge in [-0.1, -0.05) is 26.8 Å². The molecule has 2 aliphatic carbocycles. The molecule has 0 N–H and O–H groups in total. The smallest absolute Gasteiger partial charge is 0.306 e. The lowest BCUT2D eigenvalue weighted by molar-refractivity contribution is -0.141. The summed E-state index contributed by atoms with van der Waals surface area (Å²) in [5.74, 6) is 2.49. The molecule has 4 heteroatoms.